The molecule has 0 aliphatic carbocycles. The van der Waals surface area contributed by atoms with Gasteiger partial charge in [0, 0.05) is 30.8 Å². The fourth-order valence-corrected chi connectivity index (χ4v) is 1.98. The van der Waals surface area contributed by atoms with Crippen LogP contribution >= 0.6 is 0 Å². The van der Waals surface area contributed by atoms with E-state index >= 15 is 0 Å². The number of nitrogens with two attached hydrogens (primary N) is 1. The van der Waals surface area contributed by atoms with Crippen LogP contribution in [-0.4, -0.2) is 14.5 Å². The number of hydrazine groups is 1. The molecule has 0 bridgehead atoms. The maximum Gasteiger partial charge on any atom is 0.131 e. The van der Waals surface area contributed by atoms with Crippen LogP contribution in [0, 0.1) is 6.92 Å². The number of aromatic nitrogens is 3. The van der Waals surface area contributed by atoms with Gasteiger partial charge in [0.05, 0.1) is 0 Å². The average Bonchev–Trinajstić information content (AvgIpc) is 2.82. The van der Waals surface area contributed by atoms with Crippen molar-refractivity contribution in [3.05, 3.63) is 47.8 Å². The van der Waals surface area contributed by atoms with Crippen molar-refractivity contribution in [1.82, 2.24) is 20.0 Å². The second-order valence-electron chi connectivity index (χ2n) is 4.31. The molecule has 2 rings (SSSR count). The van der Waals surface area contributed by atoms with E-state index in [9.17, 15) is 0 Å². The predicted molar refractivity (Wildman–Crippen MR) is 70.7 cm³/mol. The Labute approximate surface area is 107 Å². The zero-order valence-electron chi connectivity index (χ0n) is 10.8. The Balaban J connectivity index is 2.32. The van der Waals surface area contributed by atoms with Crippen LogP contribution in [0.3, 0.4) is 0 Å². The number of pyridine rings is 1. The minimum atomic E-state index is -0.125. The molecule has 0 aromatic carbocycles. The van der Waals surface area contributed by atoms with E-state index in [1.807, 2.05) is 31.5 Å². The largest absolute Gasteiger partial charge is 0.333 e. The Morgan fingerprint density at radius 1 is 1.39 bits per heavy atom. The number of hydrogen-bond donors (Lipinski definition) is 2. The molecule has 2 aromatic heterocycles. The molecular weight excluding hydrogens is 226 g/mol. The molecule has 96 valence electrons. The Hall–Kier alpha value is -1.72. The molecule has 0 amide bonds. The lowest BCUT2D eigenvalue weighted by atomic mass is 10.1. The highest BCUT2D eigenvalue weighted by molar-refractivity contribution is 5.23. The van der Waals surface area contributed by atoms with Gasteiger partial charge in [-0.3, -0.25) is 10.8 Å². The third-order valence-electron chi connectivity index (χ3n) is 2.90. The van der Waals surface area contributed by atoms with Gasteiger partial charge in [0.15, 0.2) is 0 Å². The summed E-state index contributed by atoms with van der Waals surface area (Å²) >= 11 is 0. The molecule has 2 aromatic rings. The number of nitrogens with zero attached hydrogens (tertiary/aromatic N) is 3. The molecule has 0 aliphatic rings. The Bertz CT molecular complexity index is 488. The van der Waals surface area contributed by atoms with Gasteiger partial charge in [-0.25, -0.2) is 10.4 Å². The molecule has 2 heterocycles. The van der Waals surface area contributed by atoms with Crippen LogP contribution in [0.4, 0.5) is 0 Å². The number of nitrogens with one attached hydrogen (secondary N) is 1. The van der Waals surface area contributed by atoms with Crippen molar-refractivity contribution >= 4 is 0 Å². The SMILES string of the molecule is CCCn1ccnc1C(NN)c1ccc(C)nc1. The fourth-order valence-electron chi connectivity index (χ4n) is 1.98. The molecule has 0 spiro atoms. The van der Waals surface area contributed by atoms with Gasteiger partial charge in [0.2, 0.25) is 0 Å². The van der Waals surface area contributed by atoms with E-state index < -0.39 is 0 Å². The molecule has 0 aliphatic heterocycles. The van der Waals surface area contributed by atoms with Crippen LogP contribution in [0.5, 0.6) is 0 Å². The van der Waals surface area contributed by atoms with Crippen LogP contribution in [-0.2, 0) is 6.54 Å². The maximum absolute atomic E-state index is 5.67. The van der Waals surface area contributed by atoms with Crippen molar-refractivity contribution in [2.24, 2.45) is 5.84 Å². The fraction of sp³-hybridized carbons (Fsp3) is 0.385. The van der Waals surface area contributed by atoms with E-state index in [1.54, 1.807) is 6.20 Å². The van der Waals surface area contributed by atoms with Crippen molar-refractivity contribution in [2.45, 2.75) is 32.9 Å². The molecule has 0 saturated carbocycles. The van der Waals surface area contributed by atoms with Gasteiger partial charge in [0.1, 0.15) is 11.9 Å². The third kappa shape index (κ3) is 2.57. The zero-order chi connectivity index (χ0) is 13.0. The van der Waals surface area contributed by atoms with Crippen LogP contribution in [0.25, 0.3) is 0 Å². The van der Waals surface area contributed by atoms with Gasteiger partial charge >= 0.3 is 0 Å². The van der Waals surface area contributed by atoms with Crippen molar-refractivity contribution in [3.63, 3.8) is 0 Å². The van der Waals surface area contributed by atoms with Gasteiger partial charge in [-0.05, 0) is 25.0 Å². The summed E-state index contributed by atoms with van der Waals surface area (Å²) in [7, 11) is 0. The molecule has 0 saturated heterocycles. The van der Waals surface area contributed by atoms with E-state index in [0.29, 0.717) is 0 Å². The van der Waals surface area contributed by atoms with E-state index in [1.165, 1.54) is 0 Å². The first-order valence-corrected chi connectivity index (χ1v) is 6.16. The predicted octanol–water partition coefficient (Wildman–Crippen LogP) is 1.55. The summed E-state index contributed by atoms with van der Waals surface area (Å²) < 4.78 is 2.12. The van der Waals surface area contributed by atoms with Crippen LogP contribution in [0.2, 0.25) is 0 Å². The van der Waals surface area contributed by atoms with Gasteiger partial charge in [-0.1, -0.05) is 13.0 Å². The van der Waals surface area contributed by atoms with Crippen LogP contribution < -0.4 is 11.3 Å². The summed E-state index contributed by atoms with van der Waals surface area (Å²) in [4.78, 5) is 8.70. The molecule has 0 fully saturated rings. The van der Waals surface area contributed by atoms with Crippen LogP contribution in [0.15, 0.2) is 30.7 Å². The van der Waals surface area contributed by atoms with Gasteiger partial charge < -0.3 is 4.57 Å². The molecular formula is C13H19N5. The summed E-state index contributed by atoms with van der Waals surface area (Å²) in [6.07, 6.45) is 6.68. The summed E-state index contributed by atoms with van der Waals surface area (Å²) in [5.74, 6) is 6.59. The summed E-state index contributed by atoms with van der Waals surface area (Å²) in [6, 6.07) is 3.88. The highest BCUT2D eigenvalue weighted by Gasteiger charge is 2.17. The summed E-state index contributed by atoms with van der Waals surface area (Å²) in [5.41, 5.74) is 4.83. The standard InChI is InChI=1S/C13H19N5/c1-3-7-18-8-6-15-13(18)12(17-14)11-5-4-10(2)16-9-11/h4-6,8-9,12,17H,3,7,14H2,1-2H3. The molecule has 1 atom stereocenters. The van der Waals surface area contributed by atoms with Crippen LogP contribution in [0.1, 0.15) is 36.5 Å². The number of hydrogen-bond acceptors (Lipinski definition) is 4. The van der Waals surface area contributed by atoms with Crippen molar-refractivity contribution in [2.75, 3.05) is 0 Å². The minimum absolute atomic E-state index is 0.125. The van der Waals surface area contributed by atoms with E-state index in [0.717, 1.165) is 30.0 Å². The monoisotopic (exact) mass is 245 g/mol. The summed E-state index contributed by atoms with van der Waals surface area (Å²) in [5, 5.41) is 0. The third-order valence-corrected chi connectivity index (χ3v) is 2.90. The second-order valence-corrected chi connectivity index (χ2v) is 4.31. The molecule has 0 radical (unpaired) electrons. The molecule has 18 heavy (non-hydrogen) atoms. The highest BCUT2D eigenvalue weighted by atomic mass is 15.3. The van der Waals surface area contributed by atoms with Gasteiger partial charge in [-0.2, -0.15) is 0 Å². The lowest BCUT2D eigenvalue weighted by Gasteiger charge is -2.17. The first-order chi connectivity index (χ1) is 8.76. The van der Waals surface area contributed by atoms with E-state index in [4.69, 9.17) is 5.84 Å². The van der Waals surface area contributed by atoms with Gasteiger partial charge in [0.25, 0.3) is 0 Å². The maximum atomic E-state index is 5.67. The van der Waals surface area contributed by atoms with Crippen molar-refractivity contribution < 1.29 is 0 Å². The highest BCUT2D eigenvalue weighted by Crippen LogP contribution is 2.19. The number of aryl methyl sites for hydroxylation is 2. The molecule has 1 unspecified atom stereocenters. The zero-order valence-corrected chi connectivity index (χ0v) is 10.8. The average molecular weight is 245 g/mol. The van der Waals surface area contributed by atoms with Crippen molar-refractivity contribution in [1.29, 1.82) is 0 Å². The smallest absolute Gasteiger partial charge is 0.131 e. The van der Waals surface area contributed by atoms with E-state index in [-0.39, 0.29) is 6.04 Å². The molecule has 5 heteroatoms. The van der Waals surface area contributed by atoms with E-state index in [2.05, 4.69) is 26.9 Å². The molecule has 5 nitrogen and oxygen atoms in total. The topological polar surface area (TPSA) is 68.8 Å². The van der Waals surface area contributed by atoms with Crippen molar-refractivity contribution in [3.8, 4) is 0 Å². The van der Waals surface area contributed by atoms with Gasteiger partial charge in [-0.15, -0.1) is 0 Å². The lowest BCUT2D eigenvalue weighted by molar-refractivity contribution is 0.544. The first-order valence-electron chi connectivity index (χ1n) is 6.16. The second kappa shape index (κ2) is 5.75. The quantitative estimate of drug-likeness (QED) is 0.619. The normalized spacial score (nSPS) is 12.6. The number of rotatable bonds is 5. The molecule has 3 N–H and O–H groups in total. The summed E-state index contributed by atoms with van der Waals surface area (Å²) in [6.45, 7) is 5.04. The first kappa shape index (κ1) is 12.7. The Morgan fingerprint density at radius 3 is 2.83 bits per heavy atom. The number of imidazole rings is 1. The Kier molecular flexibility index (Phi) is 4.07. The Morgan fingerprint density at radius 2 is 2.22 bits per heavy atom. The lowest BCUT2D eigenvalue weighted by Crippen LogP contribution is -2.31. The minimum Gasteiger partial charge on any atom is -0.333 e.